The van der Waals surface area contributed by atoms with Gasteiger partial charge in [0.05, 0.1) is 16.4 Å². The van der Waals surface area contributed by atoms with Crippen molar-refractivity contribution in [2.45, 2.75) is 22.4 Å². The second-order valence-corrected chi connectivity index (χ2v) is 9.37. The number of hydrogen-bond donors (Lipinski definition) is 0. The van der Waals surface area contributed by atoms with E-state index in [0.29, 0.717) is 15.3 Å². The SMILES string of the molecule is Clc1ccc(CSCC(Cn2ccnc2)Sc2ccc(Cl)c(Cl)c2)cc1. The maximum atomic E-state index is 6.16. The van der Waals surface area contributed by atoms with Crippen LogP contribution in [0, 0.1) is 0 Å². The first kappa shape index (κ1) is 20.0. The largest absolute Gasteiger partial charge is 0.336 e. The van der Waals surface area contributed by atoms with E-state index in [4.69, 9.17) is 34.8 Å². The van der Waals surface area contributed by atoms with Crippen LogP contribution < -0.4 is 0 Å². The summed E-state index contributed by atoms with van der Waals surface area (Å²) in [5.74, 6) is 1.96. The average molecular weight is 444 g/mol. The van der Waals surface area contributed by atoms with Crippen LogP contribution in [0.4, 0.5) is 0 Å². The lowest BCUT2D eigenvalue weighted by atomic mass is 10.2. The lowest BCUT2D eigenvalue weighted by molar-refractivity contribution is 0.695. The minimum Gasteiger partial charge on any atom is -0.336 e. The Morgan fingerprint density at radius 2 is 1.81 bits per heavy atom. The topological polar surface area (TPSA) is 17.8 Å². The molecule has 0 aliphatic rings. The second kappa shape index (κ2) is 9.95. The summed E-state index contributed by atoms with van der Waals surface area (Å²) >= 11 is 21.9. The van der Waals surface area contributed by atoms with E-state index >= 15 is 0 Å². The molecule has 0 radical (unpaired) electrons. The number of nitrogens with zero attached hydrogens (tertiary/aromatic N) is 2. The summed E-state index contributed by atoms with van der Waals surface area (Å²) in [5.41, 5.74) is 1.28. The van der Waals surface area contributed by atoms with Gasteiger partial charge in [-0.15, -0.1) is 11.8 Å². The van der Waals surface area contributed by atoms with Crippen molar-refractivity contribution in [2.24, 2.45) is 0 Å². The molecule has 7 heteroatoms. The van der Waals surface area contributed by atoms with Crippen molar-refractivity contribution in [1.82, 2.24) is 9.55 Å². The number of imidazole rings is 1. The highest BCUT2D eigenvalue weighted by Gasteiger charge is 2.13. The standard InChI is InChI=1S/C19H17Cl3N2S2/c20-15-3-1-14(2-4-15)11-25-12-17(10-24-8-7-23-13-24)26-16-5-6-18(21)19(22)9-16/h1-9,13,17H,10-12H2. The number of aromatic nitrogens is 2. The van der Waals surface area contributed by atoms with Crippen LogP contribution in [0.15, 0.2) is 66.1 Å². The molecule has 1 unspecified atom stereocenters. The molecule has 2 nitrogen and oxygen atoms in total. The first-order valence-corrected chi connectivity index (χ1v) is 11.2. The number of thioether (sulfide) groups is 2. The Kier molecular flexibility index (Phi) is 7.64. The Morgan fingerprint density at radius 1 is 1.00 bits per heavy atom. The van der Waals surface area contributed by atoms with Crippen molar-refractivity contribution in [2.75, 3.05) is 5.75 Å². The Balaban J connectivity index is 1.62. The minimum absolute atomic E-state index is 0.388. The normalized spacial score (nSPS) is 12.3. The zero-order valence-electron chi connectivity index (χ0n) is 13.8. The maximum absolute atomic E-state index is 6.16. The molecule has 136 valence electrons. The molecular formula is C19H17Cl3N2S2. The summed E-state index contributed by atoms with van der Waals surface area (Å²) in [5, 5.41) is 2.33. The third-order valence-corrected chi connectivity index (χ3v) is 7.21. The molecule has 0 aliphatic carbocycles. The molecule has 1 heterocycles. The van der Waals surface area contributed by atoms with E-state index in [-0.39, 0.29) is 0 Å². The van der Waals surface area contributed by atoms with Crippen LogP contribution in [0.1, 0.15) is 5.56 Å². The number of rotatable bonds is 8. The van der Waals surface area contributed by atoms with E-state index in [1.54, 1.807) is 0 Å². The highest BCUT2D eigenvalue weighted by Crippen LogP contribution is 2.32. The fraction of sp³-hybridized carbons (Fsp3) is 0.211. The van der Waals surface area contributed by atoms with E-state index in [0.717, 1.165) is 28.0 Å². The van der Waals surface area contributed by atoms with Crippen molar-refractivity contribution in [1.29, 1.82) is 0 Å². The highest BCUT2D eigenvalue weighted by atomic mass is 35.5. The lowest BCUT2D eigenvalue weighted by Crippen LogP contribution is -2.15. The summed E-state index contributed by atoms with van der Waals surface area (Å²) in [6.07, 6.45) is 5.65. The predicted octanol–water partition coefficient (Wildman–Crippen LogP) is 6.94. The zero-order valence-corrected chi connectivity index (χ0v) is 17.7. The number of hydrogen-bond acceptors (Lipinski definition) is 3. The third kappa shape index (κ3) is 6.14. The summed E-state index contributed by atoms with van der Waals surface area (Å²) in [4.78, 5) is 5.26. The van der Waals surface area contributed by atoms with Crippen LogP contribution in [0.2, 0.25) is 15.1 Å². The van der Waals surface area contributed by atoms with Gasteiger partial charge in [0.15, 0.2) is 0 Å². The first-order chi connectivity index (χ1) is 12.6. The molecule has 0 spiro atoms. The van der Waals surface area contributed by atoms with Gasteiger partial charge in [0.25, 0.3) is 0 Å². The van der Waals surface area contributed by atoms with Crippen LogP contribution in [0.25, 0.3) is 0 Å². The Morgan fingerprint density at radius 3 is 2.50 bits per heavy atom. The molecule has 0 bridgehead atoms. The molecule has 1 atom stereocenters. The molecule has 3 aromatic rings. The summed E-state index contributed by atoms with van der Waals surface area (Å²) < 4.78 is 2.11. The maximum Gasteiger partial charge on any atom is 0.0946 e. The summed E-state index contributed by atoms with van der Waals surface area (Å²) in [6, 6.07) is 13.8. The van der Waals surface area contributed by atoms with Crippen molar-refractivity contribution in [3.63, 3.8) is 0 Å². The van der Waals surface area contributed by atoms with E-state index in [9.17, 15) is 0 Å². The van der Waals surface area contributed by atoms with Gasteiger partial charge < -0.3 is 4.57 Å². The molecule has 1 aromatic heterocycles. The smallest absolute Gasteiger partial charge is 0.0946 e. The van der Waals surface area contributed by atoms with Crippen molar-refractivity contribution < 1.29 is 0 Å². The minimum atomic E-state index is 0.388. The van der Waals surface area contributed by atoms with E-state index in [1.165, 1.54) is 5.56 Å². The van der Waals surface area contributed by atoms with Gasteiger partial charge in [0, 0.05) is 45.6 Å². The van der Waals surface area contributed by atoms with Gasteiger partial charge in [0.2, 0.25) is 0 Å². The molecule has 0 amide bonds. The van der Waals surface area contributed by atoms with Crippen LogP contribution in [-0.2, 0) is 12.3 Å². The Hall–Kier alpha value is -0.780. The predicted molar refractivity (Wildman–Crippen MR) is 116 cm³/mol. The molecule has 0 aliphatic heterocycles. The summed E-state index contributed by atoms with van der Waals surface area (Å²) in [6.45, 7) is 0.887. The molecular weight excluding hydrogens is 427 g/mol. The van der Waals surface area contributed by atoms with E-state index in [1.807, 2.05) is 72.6 Å². The molecule has 0 saturated carbocycles. The lowest BCUT2D eigenvalue weighted by Gasteiger charge is -2.17. The Bertz CT molecular complexity index is 823. The zero-order chi connectivity index (χ0) is 18.4. The third-order valence-electron chi connectivity index (χ3n) is 3.65. The average Bonchev–Trinajstić information content (AvgIpc) is 3.13. The molecule has 0 fully saturated rings. The van der Waals surface area contributed by atoms with Crippen molar-refractivity contribution in [3.05, 3.63) is 81.8 Å². The van der Waals surface area contributed by atoms with Gasteiger partial charge in [-0.1, -0.05) is 46.9 Å². The summed E-state index contributed by atoms with van der Waals surface area (Å²) in [7, 11) is 0. The van der Waals surface area contributed by atoms with Crippen molar-refractivity contribution >= 4 is 58.3 Å². The van der Waals surface area contributed by atoms with Gasteiger partial charge in [-0.2, -0.15) is 11.8 Å². The fourth-order valence-electron chi connectivity index (χ4n) is 2.39. The molecule has 3 rings (SSSR count). The van der Waals surface area contributed by atoms with Gasteiger partial charge in [-0.05, 0) is 35.9 Å². The monoisotopic (exact) mass is 442 g/mol. The van der Waals surface area contributed by atoms with Crippen molar-refractivity contribution in [3.8, 4) is 0 Å². The van der Waals surface area contributed by atoms with Gasteiger partial charge in [-0.25, -0.2) is 4.98 Å². The molecule has 0 saturated heterocycles. The molecule has 2 aromatic carbocycles. The molecule has 26 heavy (non-hydrogen) atoms. The molecule has 0 N–H and O–H groups in total. The quantitative estimate of drug-likeness (QED) is 0.351. The highest BCUT2D eigenvalue weighted by molar-refractivity contribution is 8.03. The van der Waals surface area contributed by atoms with E-state index in [2.05, 4.69) is 21.7 Å². The van der Waals surface area contributed by atoms with E-state index < -0.39 is 0 Å². The van der Waals surface area contributed by atoms with Crippen LogP contribution in [-0.4, -0.2) is 20.6 Å². The first-order valence-electron chi connectivity index (χ1n) is 8.00. The van der Waals surface area contributed by atoms with Gasteiger partial charge >= 0.3 is 0 Å². The number of benzene rings is 2. The van der Waals surface area contributed by atoms with Crippen LogP contribution >= 0.6 is 58.3 Å². The van der Waals surface area contributed by atoms with Gasteiger partial charge in [-0.3, -0.25) is 0 Å². The number of halogens is 3. The fourth-order valence-corrected chi connectivity index (χ4v) is 5.31. The Labute approximate surface area is 177 Å². The van der Waals surface area contributed by atoms with Crippen LogP contribution in [0.5, 0.6) is 0 Å². The van der Waals surface area contributed by atoms with Gasteiger partial charge in [0.1, 0.15) is 0 Å². The second-order valence-electron chi connectivity index (χ2n) is 5.72. The van der Waals surface area contributed by atoms with Crippen LogP contribution in [0.3, 0.4) is 0 Å².